The molecule has 5 rings (SSSR count). The average Bonchev–Trinajstić information content (AvgIpc) is 3.40. The Morgan fingerprint density at radius 1 is 1.23 bits per heavy atom. The molecule has 0 radical (unpaired) electrons. The molecule has 30 heavy (non-hydrogen) atoms. The van der Waals surface area contributed by atoms with E-state index in [4.69, 9.17) is 21.9 Å². The minimum Gasteiger partial charge on any atom is -0.376 e. The van der Waals surface area contributed by atoms with Gasteiger partial charge in [-0.25, -0.2) is 4.98 Å². The summed E-state index contributed by atoms with van der Waals surface area (Å²) in [6, 6.07) is 0. The van der Waals surface area contributed by atoms with Gasteiger partial charge in [-0.15, -0.1) is 11.3 Å². The van der Waals surface area contributed by atoms with E-state index in [9.17, 15) is 4.79 Å². The van der Waals surface area contributed by atoms with Crippen LogP contribution in [0.5, 0.6) is 0 Å². The molecule has 9 heteroatoms. The van der Waals surface area contributed by atoms with Crippen LogP contribution in [0, 0.1) is 0 Å². The maximum Gasteiger partial charge on any atom is 0.259 e. The zero-order valence-electron chi connectivity index (χ0n) is 17.2. The minimum absolute atomic E-state index is 0.0348. The Balaban J connectivity index is 1.18. The number of hydrogen-bond donors (Lipinski definition) is 2. The molecule has 0 spiro atoms. The smallest absolute Gasteiger partial charge is 0.259 e. The zero-order valence-corrected chi connectivity index (χ0v) is 18.9. The first-order chi connectivity index (χ1) is 14.7. The van der Waals surface area contributed by atoms with Crippen LogP contribution in [0.25, 0.3) is 10.2 Å². The maximum absolute atomic E-state index is 12.7. The Morgan fingerprint density at radius 3 is 2.87 bits per heavy atom. The summed E-state index contributed by atoms with van der Waals surface area (Å²) in [5, 5.41) is 5.03. The Labute approximate surface area is 185 Å². The van der Waals surface area contributed by atoms with E-state index in [-0.39, 0.29) is 5.56 Å². The second kappa shape index (κ2) is 8.90. The van der Waals surface area contributed by atoms with E-state index >= 15 is 0 Å². The summed E-state index contributed by atoms with van der Waals surface area (Å²) in [7, 11) is 0. The number of rotatable bonds is 4. The highest BCUT2D eigenvalue weighted by molar-refractivity contribution is 7.80. The van der Waals surface area contributed by atoms with Gasteiger partial charge >= 0.3 is 0 Å². The van der Waals surface area contributed by atoms with Crippen molar-refractivity contribution in [3.05, 3.63) is 26.6 Å². The Morgan fingerprint density at radius 2 is 2.07 bits per heavy atom. The van der Waals surface area contributed by atoms with Crippen molar-refractivity contribution in [3.8, 4) is 0 Å². The van der Waals surface area contributed by atoms with Gasteiger partial charge in [-0.3, -0.25) is 9.69 Å². The zero-order chi connectivity index (χ0) is 20.5. The summed E-state index contributed by atoms with van der Waals surface area (Å²) in [6.07, 6.45) is 7.06. The van der Waals surface area contributed by atoms with Gasteiger partial charge in [0, 0.05) is 44.2 Å². The fraction of sp³-hybridized carbons (Fsp3) is 0.667. The van der Waals surface area contributed by atoms with Gasteiger partial charge in [0.05, 0.1) is 18.0 Å². The fourth-order valence-corrected chi connectivity index (χ4v) is 6.27. The highest BCUT2D eigenvalue weighted by atomic mass is 32.1. The number of nitrogens with one attached hydrogen (secondary N) is 2. The van der Waals surface area contributed by atoms with Crippen LogP contribution in [0.3, 0.4) is 0 Å². The van der Waals surface area contributed by atoms with Crippen molar-refractivity contribution < 1.29 is 4.74 Å². The second-order valence-corrected chi connectivity index (χ2v) is 9.96. The van der Waals surface area contributed by atoms with Crippen LogP contribution in [-0.4, -0.2) is 70.3 Å². The molecule has 0 unspecified atom stereocenters. The third-order valence-electron chi connectivity index (χ3n) is 6.41. The lowest BCUT2D eigenvalue weighted by molar-refractivity contribution is 0.112. The lowest BCUT2D eigenvalue weighted by atomic mass is 9.97. The molecule has 2 N–H and O–H groups in total. The number of hydrogen-bond acceptors (Lipinski definition) is 6. The van der Waals surface area contributed by atoms with E-state index in [1.54, 1.807) is 11.3 Å². The summed E-state index contributed by atoms with van der Waals surface area (Å²) >= 11 is 7.29. The highest BCUT2D eigenvalue weighted by Gasteiger charge is 2.23. The number of thiophene rings is 1. The van der Waals surface area contributed by atoms with Crippen LogP contribution in [0.15, 0.2) is 4.79 Å². The number of H-pyrrole nitrogens is 1. The topological polar surface area (TPSA) is 73.5 Å². The van der Waals surface area contributed by atoms with Crippen LogP contribution >= 0.6 is 23.6 Å². The molecule has 4 heterocycles. The average molecular weight is 448 g/mol. The molecule has 2 aromatic heterocycles. The molecule has 0 bridgehead atoms. The predicted molar refractivity (Wildman–Crippen MR) is 123 cm³/mol. The number of thiocarbonyl (C=S) groups is 1. The molecule has 0 amide bonds. The van der Waals surface area contributed by atoms with E-state index in [2.05, 4.69) is 20.1 Å². The molecular formula is C21H29N5O2S2. The van der Waals surface area contributed by atoms with Gasteiger partial charge in [0.2, 0.25) is 0 Å². The monoisotopic (exact) mass is 447 g/mol. The van der Waals surface area contributed by atoms with Crippen LogP contribution in [0.4, 0.5) is 0 Å². The van der Waals surface area contributed by atoms with Crippen molar-refractivity contribution in [1.82, 2.24) is 25.1 Å². The predicted octanol–water partition coefficient (Wildman–Crippen LogP) is 2.03. The molecule has 162 valence electrons. The van der Waals surface area contributed by atoms with Gasteiger partial charge in [-0.05, 0) is 56.3 Å². The first kappa shape index (κ1) is 20.4. The van der Waals surface area contributed by atoms with Crippen LogP contribution in [-0.2, 0) is 24.1 Å². The Hall–Kier alpha value is -1.55. The number of nitrogens with zero attached hydrogens (tertiary/aromatic N) is 3. The molecule has 2 saturated heterocycles. The first-order valence-corrected chi connectivity index (χ1v) is 12.3. The van der Waals surface area contributed by atoms with Gasteiger partial charge in [0.25, 0.3) is 5.56 Å². The van der Waals surface area contributed by atoms with E-state index in [1.165, 1.54) is 23.3 Å². The van der Waals surface area contributed by atoms with Gasteiger partial charge in [-0.2, -0.15) is 0 Å². The standard InChI is InChI=1S/C21H29N5O2S2/c27-19-18-15-5-1-2-6-16(15)30-20(18)24-17(23-19)13-25-7-9-26(10-8-25)21(29)22-12-14-4-3-11-28-14/h14H,1-13H2,(H,22,29)(H,23,24,27)/t14-/m1/s1. The van der Waals surface area contributed by atoms with Gasteiger partial charge in [0.15, 0.2) is 5.11 Å². The molecule has 1 aliphatic carbocycles. The third kappa shape index (κ3) is 4.26. The number of piperazine rings is 1. The fourth-order valence-electron chi connectivity index (χ4n) is 4.72. The quantitative estimate of drug-likeness (QED) is 0.695. The number of ether oxygens (including phenoxy) is 1. The van der Waals surface area contributed by atoms with Crippen molar-refractivity contribution >= 4 is 38.9 Å². The molecule has 2 aromatic rings. The van der Waals surface area contributed by atoms with Crippen molar-refractivity contribution in [2.24, 2.45) is 0 Å². The lowest BCUT2D eigenvalue weighted by Gasteiger charge is -2.36. The number of aryl methyl sites for hydroxylation is 2. The van der Waals surface area contributed by atoms with E-state index < -0.39 is 0 Å². The first-order valence-electron chi connectivity index (χ1n) is 11.1. The normalized spacial score (nSPS) is 22.4. The molecule has 7 nitrogen and oxygen atoms in total. The van der Waals surface area contributed by atoms with E-state index in [1.807, 2.05) is 0 Å². The second-order valence-electron chi connectivity index (χ2n) is 8.49. The molecule has 0 aromatic carbocycles. The maximum atomic E-state index is 12.7. The van der Waals surface area contributed by atoms with Crippen molar-refractivity contribution in [2.45, 2.75) is 51.2 Å². The van der Waals surface area contributed by atoms with Crippen LogP contribution in [0.1, 0.15) is 41.9 Å². The Bertz CT molecular complexity index is 974. The largest absolute Gasteiger partial charge is 0.376 e. The summed E-state index contributed by atoms with van der Waals surface area (Å²) in [5.41, 5.74) is 1.28. The molecule has 2 aliphatic heterocycles. The van der Waals surface area contributed by atoms with E-state index in [0.717, 1.165) is 86.2 Å². The highest BCUT2D eigenvalue weighted by Crippen LogP contribution is 2.33. The summed E-state index contributed by atoms with van der Waals surface area (Å²) in [5.74, 6) is 0.777. The van der Waals surface area contributed by atoms with Crippen LogP contribution < -0.4 is 10.9 Å². The van der Waals surface area contributed by atoms with Crippen molar-refractivity contribution in [2.75, 3.05) is 39.3 Å². The third-order valence-corrected chi connectivity index (χ3v) is 8.00. The van der Waals surface area contributed by atoms with Gasteiger partial charge in [0.1, 0.15) is 10.7 Å². The Kier molecular flexibility index (Phi) is 6.04. The van der Waals surface area contributed by atoms with E-state index in [0.29, 0.717) is 12.6 Å². The van der Waals surface area contributed by atoms with Crippen molar-refractivity contribution in [1.29, 1.82) is 0 Å². The molecule has 0 saturated carbocycles. The van der Waals surface area contributed by atoms with Gasteiger partial charge < -0.3 is 19.9 Å². The van der Waals surface area contributed by atoms with Crippen molar-refractivity contribution in [3.63, 3.8) is 0 Å². The minimum atomic E-state index is 0.0348. The summed E-state index contributed by atoms with van der Waals surface area (Å²) in [6.45, 7) is 5.93. The number of aromatic nitrogens is 2. The summed E-state index contributed by atoms with van der Waals surface area (Å²) < 4.78 is 5.66. The number of fused-ring (bicyclic) bond motifs is 3. The molecule has 1 atom stereocenters. The SMILES string of the molecule is O=c1[nH]c(CN2CCN(C(=S)NC[C@H]3CCCO3)CC2)nc2sc3c(c12)CCCC3. The molecular weight excluding hydrogens is 418 g/mol. The number of aromatic amines is 1. The molecule has 2 fully saturated rings. The van der Waals surface area contributed by atoms with Crippen LogP contribution in [0.2, 0.25) is 0 Å². The lowest BCUT2D eigenvalue weighted by Crippen LogP contribution is -2.52. The van der Waals surface area contributed by atoms with Gasteiger partial charge in [-0.1, -0.05) is 0 Å². The summed E-state index contributed by atoms with van der Waals surface area (Å²) in [4.78, 5) is 27.5. The molecule has 3 aliphatic rings.